The average molecular weight is 254 g/mol. The molecule has 3 heteroatoms. The zero-order valence-corrected chi connectivity index (χ0v) is 9.69. The number of hydrogen-bond donors (Lipinski definition) is 0. The Morgan fingerprint density at radius 2 is 1.79 bits per heavy atom. The molecule has 0 saturated carbocycles. The van der Waals surface area contributed by atoms with Crippen molar-refractivity contribution in [1.29, 1.82) is 0 Å². The van der Waals surface area contributed by atoms with Crippen molar-refractivity contribution in [2.24, 2.45) is 0 Å². The van der Waals surface area contributed by atoms with Gasteiger partial charge >= 0.3 is 90.2 Å². The van der Waals surface area contributed by atoms with Crippen LogP contribution >= 0.6 is 0 Å². The molecule has 2 nitrogen and oxygen atoms in total. The number of hydrogen-bond acceptors (Lipinski definition) is 1. The maximum absolute atomic E-state index is 11.9. The molecule has 1 aromatic carbocycles. The van der Waals surface area contributed by atoms with Crippen LogP contribution in [0.25, 0.3) is 0 Å². The molecular weight excluding hydrogens is 241 g/mol. The van der Waals surface area contributed by atoms with E-state index in [1.54, 1.807) is 0 Å². The Kier molecular flexibility index (Phi) is 3.22. The molecule has 0 radical (unpaired) electrons. The molecule has 0 aromatic heterocycles. The number of amides is 1. The zero-order chi connectivity index (χ0) is 9.80. The van der Waals surface area contributed by atoms with Crippen LogP contribution in [-0.2, 0) is 0 Å². The van der Waals surface area contributed by atoms with Gasteiger partial charge in [-0.2, -0.15) is 0 Å². The van der Waals surface area contributed by atoms with Gasteiger partial charge in [0.25, 0.3) is 0 Å². The Morgan fingerprint density at radius 1 is 1.14 bits per heavy atom. The number of carbonyl (C=O) groups excluding carboxylic acids is 1. The van der Waals surface area contributed by atoms with E-state index in [1.165, 1.54) is 10.6 Å². The van der Waals surface area contributed by atoms with Gasteiger partial charge in [-0.3, -0.25) is 0 Å². The molecule has 1 aliphatic rings. The Labute approximate surface area is 90.5 Å². The minimum absolute atomic E-state index is 0.195. The summed E-state index contributed by atoms with van der Waals surface area (Å²) >= 11 is 0.771. The van der Waals surface area contributed by atoms with Gasteiger partial charge in [0.2, 0.25) is 0 Å². The van der Waals surface area contributed by atoms with E-state index in [9.17, 15) is 4.79 Å². The van der Waals surface area contributed by atoms with Crippen LogP contribution in [0.2, 0.25) is 10.6 Å². The summed E-state index contributed by atoms with van der Waals surface area (Å²) in [5, 5.41) is 2.43. The van der Waals surface area contributed by atoms with Gasteiger partial charge in [-0.1, -0.05) is 0 Å². The molecule has 0 atom stereocenters. The van der Waals surface area contributed by atoms with Gasteiger partial charge in [0.1, 0.15) is 0 Å². The van der Waals surface area contributed by atoms with Crippen molar-refractivity contribution in [3.05, 3.63) is 35.9 Å². The molecule has 1 aliphatic heterocycles. The molecule has 1 amide bonds. The van der Waals surface area contributed by atoms with E-state index >= 15 is 0 Å². The van der Waals surface area contributed by atoms with Crippen LogP contribution in [0.3, 0.4) is 0 Å². The molecule has 2 rings (SSSR count). The number of carbonyl (C=O) groups is 1. The number of nitrogens with zero attached hydrogens (tertiary/aromatic N) is 1. The van der Waals surface area contributed by atoms with E-state index < -0.39 is 0 Å². The molecule has 74 valence electrons. The van der Waals surface area contributed by atoms with Crippen LogP contribution in [0, 0.1) is 0 Å². The van der Waals surface area contributed by atoms with Gasteiger partial charge < -0.3 is 0 Å². The quantitative estimate of drug-likeness (QED) is 0.698. The van der Waals surface area contributed by atoms with Crippen molar-refractivity contribution in [3.63, 3.8) is 0 Å². The van der Waals surface area contributed by atoms with Crippen LogP contribution in [0.15, 0.2) is 30.3 Å². The van der Waals surface area contributed by atoms with Crippen LogP contribution in [-0.4, -0.2) is 38.9 Å². The fourth-order valence-corrected chi connectivity index (χ4v) is 3.42. The summed E-state index contributed by atoms with van der Waals surface area (Å²) in [7, 11) is 0. The normalized spacial score (nSPS) is 16.7. The summed E-state index contributed by atoms with van der Waals surface area (Å²) in [5.41, 5.74) is 0.821. The molecule has 1 aromatic rings. The number of rotatable bonds is 1. The molecule has 0 spiro atoms. The monoisotopic (exact) mass is 255 g/mol. The standard InChI is InChI=1S/C11H13NOSe/c13-11(10-4-2-1-3-5-10)12-6-8-14-9-7-12/h1-5H,6-9H2. The van der Waals surface area contributed by atoms with Gasteiger partial charge in [0.05, 0.1) is 0 Å². The average Bonchev–Trinajstić information content (AvgIpc) is 2.30. The first-order chi connectivity index (χ1) is 6.88. The first kappa shape index (κ1) is 9.75. The van der Waals surface area contributed by atoms with Gasteiger partial charge in [-0.15, -0.1) is 0 Å². The Balaban J connectivity index is 2.07. The maximum atomic E-state index is 11.9. The van der Waals surface area contributed by atoms with Crippen molar-refractivity contribution >= 4 is 20.9 Å². The van der Waals surface area contributed by atoms with Gasteiger partial charge in [0.15, 0.2) is 0 Å². The topological polar surface area (TPSA) is 20.3 Å². The van der Waals surface area contributed by atoms with Gasteiger partial charge in [-0.25, -0.2) is 0 Å². The summed E-state index contributed by atoms with van der Waals surface area (Å²) in [4.78, 5) is 13.9. The Morgan fingerprint density at radius 3 is 2.43 bits per heavy atom. The second-order valence-corrected chi connectivity index (χ2v) is 5.84. The van der Waals surface area contributed by atoms with Crippen LogP contribution in [0.1, 0.15) is 10.4 Å². The first-order valence-electron chi connectivity index (χ1n) is 4.80. The van der Waals surface area contributed by atoms with Crippen LogP contribution < -0.4 is 0 Å². The number of benzene rings is 1. The summed E-state index contributed by atoms with van der Waals surface area (Å²) in [6.07, 6.45) is 0. The van der Waals surface area contributed by atoms with Crippen molar-refractivity contribution in [2.75, 3.05) is 13.1 Å². The molecule has 0 aliphatic carbocycles. The Bertz CT molecular complexity index is 306. The van der Waals surface area contributed by atoms with E-state index in [2.05, 4.69) is 0 Å². The third kappa shape index (κ3) is 2.17. The fourth-order valence-electron chi connectivity index (χ4n) is 1.53. The summed E-state index contributed by atoms with van der Waals surface area (Å²) < 4.78 is 0. The molecule has 0 N–H and O–H groups in total. The molecule has 1 saturated heterocycles. The van der Waals surface area contributed by atoms with E-state index in [-0.39, 0.29) is 5.91 Å². The SMILES string of the molecule is O=C(c1ccccc1)N1CC[Se]CC1. The first-order valence-corrected chi connectivity index (χ1v) is 7.22. The third-order valence-corrected chi connectivity index (χ3v) is 4.30. The molecule has 1 fully saturated rings. The van der Waals surface area contributed by atoms with Crippen molar-refractivity contribution in [2.45, 2.75) is 10.6 Å². The van der Waals surface area contributed by atoms with E-state index in [0.29, 0.717) is 0 Å². The van der Waals surface area contributed by atoms with Crippen LogP contribution in [0.4, 0.5) is 0 Å². The molecule has 1 heterocycles. The summed E-state index contributed by atoms with van der Waals surface area (Å²) in [6, 6.07) is 9.56. The Hall–Kier alpha value is -0.791. The summed E-state index contributed by atoms with van der Waals surface area (Å²) in [5.74, 6) is 0.195. The molecule has 0 bridgehead atoms. The summed E-state index contributed by atoms with van der Waals surface area (Å²) in [6.45, 7) is 1.90. The predicted octanol–water partition coefficient (Wildman–Crippen LogP) is 1.68. The van der Waals surface area contributed by atoms with Crippen molar-refractivity contribution < 1.29 is 4.79 Å². The van der Waals surface area contributed by atoms with E-state index in [1.807, 2.05) is 35.2 Å². The van der Waals surface area contributed by atoms with Crippen LogP contribution in [0.5, 0.6) is 0 Å². The minimum atomic E-state index is 0.195. The zero-order valence-electron chi connectivity index (χ0n) is 7.98. The second kappa shape index (κ2) is 4.63. The van der Waals surface area contributed by atoms with E-state index in [0.717, 1.165) is 33.6 Å². The molecule has 14 heavy (non-hydrogen) atoms. The van der Waals surface area contributed by atoms with E-state index in [4.69, 9.17) is 0 Å². The fraction of sp³-hybridized carbons (Fsp3) is 0.364. The van der Waals surface area contributed by atoms with Crippen molar-refractivity contribution in [1.82, 2.24) is 4.90 Å². The second-order valence-electron chi connectivity index (χ2n) is 3.27. The van der Waals surface area contributed by atoms with Crippen molar-refractivity contribution in [3.8, 4) is 0 Å². The molecular formula is C11H13NOSe. The van der Waals surface area contributed by atoms with Gasteiger partial charge in [0, 0.05) is 0 Å². The predicted molar refractivity (Wildman–Crippen MR) is 57.7 cm³/mol. The van der Waals surface area contributed by atoms with Gasteiger partial charge in [-0.05, 0) is 0 Å². The molecule has 0 unspecified atom stereocenters. The third-order valence-electron chi connectivity index (χ3n) is 2.32.